The van der Waals surface area contributed by atoms with E-state index in [1.165, 1.54) is 7.11 Å². The summed E-state index contributed by atoms with van der Waals surface area (Å²) < 4.78 is 16.3. The van der Waals surface area contributed by atoms with Crippen LogP contribution in [0.2, 0.25) is 0 Å². The number of aliphatic carboxylic acids is 1. The monoisotopic (exact) mass is 225 g/mol. The van der Waals surface area contributed by atoms with E-state index in [4.69, 9.17) is 21.4 Å². The van der Waals surface area contributed by atoms with Crippen molar-refractivity contribution >= 4 is 5.97 Å². The lowest BCUT2D eigenvalue weighted by molar-refractivity contribution is -0.168. The number of aliphatic hydroxyl groups excluding tert-OH is 3. The van der Waals surface area contributed by atoms with Crippen molar-refractivity contribution in [2.24, 2.45) is 0 Å². The van der Waals surface area contributed by atoms with Crippen LogP contribution in [0, 0.1) is 0 Å². The molecule has 0 fully saturated rings. The third-order valence-electron chi connectivity index (χ3n) is 1.65. The predicted molar refractivity (Wildman–Crippen MR) is 48.4 cm³/mol. The quantitative estimate of drug-likeness (QED) is 0.371. The van der Waals surface area contributed by atoms with Gasteiger partial charge in [0.15, 0.2) is 6.10 Å². The van der Waals surface area contributed by atoms with Gasteiger partial charge in [-0.3, -0.25) is 0 Å². The number of hydrogen-bond donors (Lipinski definition) is 4. The molecule has 0 saturated heterocycles. The van der Waals surface area contributed by atoms with Crippen molar-refractivity contribution in [1.29, 1.82) is 0 Å². The van der Waals surface area contributed by atoms with Gasteiger partial charge in [-0.25, -0.2) is 4.79 Å². The van der Waals surface area contributed by atoms with Gasteiger partial charge in [0, 0.05) is 7.11 Å². The Kier molecular flexibility index (Phi) is 6.21. The first kappa shape index (κ1) is 12.3. The van der Waals surface area contributed by atoms with Crippen molar-refractivity contribution in [2.75, 3.05) is 26.9 Å². The van der Waals surface area contributed by atoms with Crippen molar-refractivity contribution in [3.05, 3.63) is 0 Å². The van der Waals surface area contributed by atoms with E-state index in [0.29, 0.717) is 0 Å². The average Bonchev–Trinajstić information content (AvgIpc) is 2.26. The zero-order chi connectivity index (χ0) is 12.7. The average molecular weight is 225 g/mol. The van der Waals surface area contributed by atoms with E-state index in [9.17, 15) is 9.90 Å². The van der Waals surface area contributed by atoms with E-state index in [0.717, 1.165) is 0 Å². The maximum atomic E-state index is 10.7. The lowest BCUT2D eigenvalue weighted by Crippen LogP contribution is -2.45. The molecular weight excluding hydrogens is 208 g/mol. The zero-order valence-electron chi connectivity index (χ0n) is 9.24. The van der Waals surface area contributed by atoms with Crippen molar-refractivity contribution in [2.45, 2.75) is 18.3 Å². The van der Waals surface area contributed by atoms with Crippen molar-refractivity contribution in [3.63, 3.8) is 0 Å². The van der Waals surface area contributed by atoms with Crippen LogP contribution in [0.15, 0.2) is 0 Å². The first-order valence-electron chi connectivity index (χ1n) is 4.78. The van der Waals surface area contributed by atoms with Gasteiger partial charge >= 0.3 is 5.97 Å². The minimum Gasteiger partial charge on any atom is -0.479 e. The molecular formula is C8H16O7. The fourth-order valence-corrected chi connectivity index (χ4v) is 0.837. The van der Waals surface area contributed by atoms with Gasteiger partial charge in [0.2, 0.25) is 0 Å². The van der Waals surface area contributed by atoms with Crippen LogP contribution >= 0.6 is 0 Å². The minimum atomic E-state index is -1.77. The molecule has 4 atom stereocenters. The standard InChI is InChI=1S/C8H16O7/c1-14-2-3-15-7(8(12)13)6(11)5(10)4-9/h5-7,9-11H,2-4H2,1H3,(H,12,13)/t5-,6-,7-/m1/s1/i2D/t2?,5-,6-,7-. The van der Waals surface area contributed by atoms with Gasteiger partial charge in [-0.1, -0.05) is 0 Å². The zero-order valence-corrected chi connectivity index (χ0v) is 8.24. The summed E-state index contributed by atoms with van der Waals surface area (Å²) in [5.74, 6) is -1.50. The van der Waals surface area contributed by atoms with Gasteiger partial charge in [-0.2, -0.15) is 0 Å². The summed E-state index contributed by atoms with van der Waals surface area (Å²) in [5.41, 5.74) is 0. The fourth-order valence-electron chi connectivity index (χ4n) is 0.837. The molecule has 0 amide bonds. The number of aliphatic hydroxyl groups is 3. The molecule has 0 rings (SSSR count). The maximum absolute atomic E-state index is 10.7. The molecule has 0 aromatic heterocycles. The second-order valence-electron chi connectivity index (χ2n) is 2.74. The summed E-state index contributed by atoms with van der Waals surface area (Å²) in [7, 11) is 1.25. The number of carbonyl (C=O) groups is 1. The predicted octanol–water partition coefficient (Wildman–Crippen LogP) is -2.18. The Morgan fingerprint density at radius 3 is 2.53 bits per heavy atom. The molecule has 0 spiro atoms. The number of ether oxygens (including phenoxy) is 2. The fraction of sp³-hybridized carbons (Fsp3) is 0.875. The molecule has 15 heavy (non-hydrogen) atoms. The first-order valence-corrected chi connectivity index (χ1v) is 4.20. The molecule has 7 heteroatoms. The highest BCUT2D eigenvalue weighted by molar-refractivity contribution is 5.73. The van der Waals surface area contributed by atoms with E-state index >= 15 is 0 Å². The van der Waals surface area contributed by atoms with Crippen molar-refractivity contribution in [3.8, 4) is 0 Å². The molecule has 0 radical (unpaired) electrons. The van der Waals surface area contributed by atoms with Crippen LogP contribution in [-0.2, 0) is 14.3 Å². The normalized spacial score (nSPS) is 20.1. The van der Waals surface area contributed by atoms with E-state index in [-0.39, 0.29) is 6.61 Å². The third kappa shape index (κ3) is 5.05. The number of methoxy groups -OCH3 is 1. The molecule has 0 aliphatic heterocycles. The molecule has 0 heterocycles. The van der Waals surface area contributed by atoms with Gasteiger partial charge in [-0.15, -0.1) is 0 Å². The van der Waals surface area contributed by atoms with Crippen molar-refractivity contribution < 1.29 is 36.1 Å². The summed E-state index contributed by atoms with van der Waals surface area (Å²) in [6, 6.07) is 0. The van der Waals surface area contributed by atoms with E-state index in [1.807, 2.05) is 0 Å². The number of hydrogen-bond acceptors (Lipinski definition) is 6. The first-order chi connectivity index (χ1) is 7.43. The maximum Gasteiger partial charge on any atom is 0.335 e. The number of carboxylic acid groups (broad SMARTS) is 1. The Morgan fingerprint density at radius 2 is 2.13 bits per heavy atom. The molecule has 0 aliphatic rings. The summed E-state index contributed by atoms with van der Waals surface area (Å²) in [6.45, 7) is -2.24. The lowest BCUT2D eigenvalue weighted by Gasteiger charge is -2.22. The Labute approximate surface area is 88.3 Å². The van der Waals surface area contributed by atoms with Crippen molar-refractivity contribution in [1.82, 2.24) is 0 Å². The second kappa shape index (κ2) is 7.55. The Hall–Kier alpha value is -0.730. The van der Waals surface area contributed by atoms with Gasteiger partial charge in [0.1, 0.15) is 12.2 Å². The molecule has 0 aromatic carbocycles. The largest absolute Gasteiger partial charge is 0.479 e. The molecule has 0 saturated carbocycles. The number of rotatable bonds is 8. The highest BCUT2D eigenvalue weighted by atomic mass is 16.5. The van der Waals surface area contributed by atoms with E-state index in [2.05, 4.69) is 4.74 Å². The topological polar surface area (TPSA) is 116 Å². The van der Waals surface area contributed by atoms with Crippen LogP contribution in [-0.4, -0.2) is 71.6 Å². The Bertz CT molecular complexity index is 213. The van der Waals surface area contributed by atoms with Gasteiger partial charge < -0.3 is 29.9 Å². The third-order valence-corrected chi connectivity index (χ3v) is 1.65. The summed E-state index contributed by atoms with van der Waals surface area (Å²) >= 11 is 0. The second-order valence-corrected chi connectivity index (χ2v) is 2.74. The molecule has 90 valence electrons. The van der Waals surface area contributed by atoms with Crippen LogP contribution in [0.1, 0.15) is 1.37 Å². The molecule has 0 bridgehead atoms. The van der Waals surface area contributed by atoms with Gasteiger partial charge in [0.05, 0.1) is 21.2 Å². The molecule has 0 aromatic rings. The molecule has 4 N–H and O–H groups in total. The van der Waals surface area contributed by atoms with Crippen LogP contribution in [0.5, 0.6) is 0 Å². The molecule has 0 aliphatic carbocycles. The van der Waals surface area contributed by atoms with Crippen LogP contribution in [0.3, 0.4) is 0 Å². The summed E-state index contributed by atoms with van der Waals surface area (Å²) in [4.78, 5) is 10.7. The van der Waals surface area contributed by atoms with E-state index in [1.54, 1.807) is 0 Å². The van der Waals surface area contributed by atoms with Crippen LogP contribution < -0.4 is 0 Å². The van der Waals surface area contributed by atoms with Crippen LogP contribution in [0.25, 0.3) is 0 Å². The van der Waals surface area contributed by atoms with Gasteiger partial charge in [0.25, 0.3) is 0 Å². The summed E-state index contributed by atoms with van der Waals surface area (Å²) in [6.07, 6.45) is -5.11. The lowest BCUT2D eigenvalue weighted by atomic mass is 10.1. The number of carboxylic acids is 1. The Morgan fingerprint density at radius 1 is 1.53 bits per heavy atom. The minimum absolute atomic E-state index is 0.372. The van der Waals surface area contributed by atoms with E-state index < -0.39 is 37.5 Å². The van der Waals surface area contributed by atoms with Gasteiger partial charge in [-0.05, 0) is 0 Å². The summed E-state index contributed by atoms with van der Waals surface area (Å²) in [5, 5.41) is 35.6. The smallest absolute Gasteiger partial charge is 0.335 e. The SMILES string of the molecule is [2H]C(CO[C@@H](C(=O)O)[C@H](O)[C@H](O)CO)OC. The molecule has 7 nitrogen and oxygen atoms in total. The Balaban J connectivity index is 4.32. The molecule has 1 unspecified atom stereocenters. The highest BCUT2D eigenvalue weighted by Crippen LogP contribution is 2.05. The highest BCUT2D eigenvalue weighted by Gasteiger charge is 2.32. The van der Waals surface area contributed by atoms with Crippen LogP contribution in [0.4, 0.5) is 0 Å².